The van der Waals surface area contributed by atoms with E-state index in [0.717, 1.165) is 6.42 Å². The van der Waals surface area contributed by atoms with Gasteiger partial charge < -0.3 is 10.5 Å². The highest BCUT2D eigenvalue weighted by atomic mass is 19.3. The van der Waals surface area contributed by atoms with Gasteiger partial charge in [-0.05, 0) is 19.8 Å². The van der Waals surface area contributed by atoms with Crippen LogP contribution in [0.25, 0.3) is 0 Å². The maximum absolute atomic E-state index is 12.3. The van der Waals surface area contributed by atoms with E-state index >= 15 is 0 Å². The van der Waals surface area contributed by atoms with Gasteiger partial charge in [-0.1, -0.05) is 0 Å². The third-order valence-electron chi connectivity index (χ3n) is 2.09. The summed E-state index contributed by atoms with van der Waals surface area (Å²) < 4.78 is 29.6. The second kappa shape index (κ2) is 3.03. The third-order valence-corrected chi connectivity index (χ3v) is 2.09. The molecule has 0 aliphatic carbocycles. The van der Waals surface area contributed by atoms with E-state index in [-0.39, 0.29) is 0 Å². The Balaban J connectivity index is 2.55. The molecule has 2 atom stereocenters. The molecule has 0 aromatic carbocycles. The summed E-state index contributed by atoms with van der Waals surface area (Å²) in [6.45, 7) is 1.90. The van der Waals surface area contributed by atoms with E-state index in [2.05, 4.69) is 0 Å². The molecule has 0 aromatic rings. The van der Waals surface area contributed by atoms with Crippen molar-refractivity contribution in [3.05, 3.63) is 0 Å². The van der Waals surface area contributed by atoms with Crippen molar-refractivity contribution in [3.8, 4) is 0 Å². The first-order valence-corrected chi connectivity index (χ1v) is 3.74. The Kier molecular flexibility index (Phi) is 2.44. The highest BCUT2D eigenvalue weighted by molar-refractivity contribution is 4.92. The summed E-state index contributed by atoms with van der Waals surface area (Å²) in [7, 11) is 0. The molecule has 1 fully saturated rings. The molecule has 2 nitrogen and oxygen atoms in total. The molecule has 0 radical (unpaired) electrons. The van der Waals surface area contributed by atoms with Crippen molar-refractivity contribution in [1.82, 2.24) is 0 Å². The van der Waals surface area contributed by atoms with E-state index in [1.807, 2.05) is 0 Å². The van der Waals surface area contributed by atoms with Crippen LogP contribution >= 0.6 is 0 Å². The maximum Gasteiger partial charge on any atom is 0.258 e. The van der Waals surface area contributed by atoms with Gasteiger partial charge in [0.25, 0.3) is 6.43 Å². The zero-order chi connectivity index (χ0) is 8.48. The largest absolute Gasteiger partial charge is 0.376 e. The van der Waals surface area contributed by atoms with Crippen LogP contribution in [0.15, 0.2) is 0 Å². The lowest BCUT2D eigenvalue weighted by atomic mass is 9.94. The SMILES string of the molecule is CC(N)(C(F)F)C1CCCO1. The standard InChI is InChI=1S/C7H13F2NO/c1-7(10,6(8)9)5-3-2-4-11-5/h5-6H,2-4,10H2,1H3. The molecular formula is C7H13F2NO. The Labute approximate surface area is 64.7 Å². The summed E-state index contributed by atoms with van der Waals surface area (Å²) in [5, 5.41) is 0. The number of hydrogen-bond donors (Lipinski definition) is 1. The van der Waals surface area contributed by atoms with Gasteiger partial charge >= 0.3 is 0 Å². The van der Waals surface area contributed by atoms with Crippen molar-refractivity contribution < 1.29 is 13.5 Å². The first kappa shape index (κ1) is 8.87. The van der Waals surface area contributed by atoms with E-state index < -0.39 is 18.1 Å². The maximum atomic E-state index is 12.3. The van der Waals surface area contributed by atoms with Gasteiger partial charge in [0.2, 0.25) is 0 Å². The van der Waals surface area contributed by atoms with Crippen LogP contribution < -0.4 is 5.73 Å². The van der Waals surface area contributed by atoms with E-state index in [4.69, 9.17) is 10.5 Å². The minimum absolute atomic E-state index is 0.470. The van der Waals surface area contributed by atoms with Crippen LogP contribution in [0.3, 0.4) is 0 Å². The molecule has 0 spiro atoms. The predicted molar refractivity (Wildman–Crippen MR) is 37.6 cm³/mol. The normalized spacial score (nSPS) is 30.8. The Morgan fingerprint density at radius 2 is 2.27 bits per heavy atom. The Hall–Kier alpha value is -0.220. The number of hydrogen-bond acceptors (Lipinski definition) is 2. The molecule has 0 bridgehead atoms. The van der Waals surface area contributed by atoms with Crippen LogP contribution in [0.2, 0.25) is 0 Å². The summed E-state index contributed by atoms with van der Waals surface area (Å²) in [6.07, 6.45) is -1.49. The quantitative estimate of drug-likeness (QED) is 0.666. The van der Waals surface area contributed by atoms with Gasteiger partial charge in [-0.25, -0.2) is 8.78 Å². The van der Waals surface area contributed by atoms with Gasteiger partial charge in [0.05, 0.1) is 6.10 Å². The van der Waals surface area contributed by atoms with Gasteiger partial charge in [-0.3, -0.25) is 0 Å². The second-order valence-electron chi connectivity index (χ2n) is 3.17. The molecule has 11 heavy (non-hydrogen) atoms. The van der Waals surface area contributed by atoms with Crippen molar-refractivity contribution in [1.29, 1.82) is 0 Å². The van der Waals surface area contributed by atoms with Crippen LogP contribution in [-0.2, 0) is 4.74 Å². The third kappa shape index (κ3) is 1.68. The molecule has 1 saturated heterocycles. The van der Waals surface area contributed by atoms with Crippen LogP contribution in [0, 0.1) is 0 Å². The van der Waals surface area contributed by atoms with Crippen molar-refractivity contribution >= 4 is 0 Å². The minimum Gasteiger partial charge on any atom is -0.376 e. The molecule has 66 valence electrons. The van der Waals surface area contributed by atoms with Gasteiger partial charge in [-0.15, -0.1) is 0 Å². The van der Waals surface area contributed by atoms with E-state index in [0.29, 0.717) is 13.0 Å². The van der Waals surface area contributed by atoms with E-state index in [1.54, 1.807) is 0 Å². The first-order chi connectivity index (χ1) is 5.05. The van der Waals surface area contributed by atoms with Gasteiger partial charge in [0.15, 0.2) is 0 Å². The Morgan fingerprint density at radius 1 is 1.64 bits per heavy atom. The summed E-state index contributed by atoms with van der Waals surface area (Å²) >= 11 is 0. The highest BCUT2D eigenvalue weighted by Crippen LogP contribution is 2.26. The molecule has 2 unspecified atom stereocenters. The van der Waals surface area contributed by atoms with Crippen molar-refractivity contribution in [2.45, 2.75) is 37.8 Å². The number of rotatable bonds is 2. The van der Waals surface area contributed by atoms with Gasteiger partial charge in [0, 0.05) is 6.61 Å². The number of ether oxygens (including phenoxy) is 1. The summed E-state index contributed by atoms with van der Waals surface area (Å²) in [5.41, 5.74) is 3.91. The number of halogens is 2. The highest BCUT2D eigenvalue weighted by Gasteiger charge is 2.41. The van der Waals surface area contributed by atoms with Crippen LogP contribution in [0.5, 0.6) is 0 Å². The topological polar surface area (TPSA) is 35.2 Å². The molecule has 0 aromatic heterocycles. The molecule has 1 rings (SSSR count). The molecule has 1 aliphatic heterocycles. The fourth-order valence-electron chi connectivity index (χ4n) is 1.21. The lowest BCUT2D eigenvalue weighted by Gasteiger charge is -2.29. The summed E-state index contributed by atoms with van der Waals surface area (Å²) in [5.74, 6) is 0. The zero-order valence-electron chi connectivity index (χ0n) is 6.52. The van der Waals surface area contributed by atoms with Crippen LogP contribution in [0.1, 0.15) is 19.8 Å². The summed E-state index contributed by atoms with van der Waals surface area (Å²) in [6, 6.07) is 0. The van der Waals surface area contributed by atoms with E-state index in [9.17, 15) is 8.78 Å². The van der Waals surface area contributed by atoms with Crippen molar-refractivity contribution in [2.24, 2.45) is 5.73 Å². The molecule has 4 heteroatoms. The average molecular weight is 165 g/mol. The smallest absolute Gasteiger partial charge is 0.258 e. The molecule has 1 aliphatic rings. The zero-order valence-corrected chi connectivity index (χ0v) is 6.52. The lowest BCUT2D eigenvalue weighted by molar-refractivity contribution is -0.0331. The lowest BCUT2D eigenvalue weighted by Crippen LogP contribution is -2.53. The van der Waals surface area contributed by atoms with Crippen molar-refractivity contribution in [2.75, 3.05) is 6.61 Å². The predicted octanol–water partition coefficient (Wildman–Crippen LogP) is 1.15. The molecule has 0 saturated carbocycles. The molecule has 1 heterocycles. The van der Waals surface area contributed by atoms with Crippen LogP contribution in [0.4, 0.5) is 8.78 Å². The Morgan fingerprint density at radius 3 is 2.64 bits per heavy atom. The fourth-order valence-corrected chi connectivity index (χ4v) is 1.21. The van der Waals surface area contributed by atoms with E-state index in [1.165, 1.54) is 6.92 Å². The van der Waals surface area contributed by atoms with Crippen LogP contribution in [-0.4, -0.2) is 24.7 Å². The Bertz CT molecular complexity index is 132. The molecular weight excluding hydrogens is 152 g/mol. The second-order valence-corrected chi connectivity index (χ2v) is 3.17. The first-order valence-electron chi connectivity index (χ1n) is 3.74. The monoisotopic (exact) mass is 165 g/mol. The van der Waals surface area contributed by atoms with Gasteiger partial charge in [0.1, 0.15) is 5.54 Å². The minimum atomic E-state index is -2.51. The van der Waals surface area contributed by atoms with Gasteiger partial charge in [-0.2, -0.15) is 0 Å². The summed E-state index contributed by atoms with van der Waals surface area (Å²) in [4.78, 5) is 0. The number of nitrogens with two attached hydrogens (primary N) is 1. The molecule has 0 amide bonds. The fraction of sp³-hybridized carbons (Fsp3) is 1.00. The van der Waals surface area contributed by atoms with Crippen molar-refractivity contribution in [3.63, 3.8) is 0 Å². The molecule has 2 N–H and O–H groups in total. The average Bonchev–Trinajstić information content (AvgIpc) is 2.37. The number of alkyl halides is 2.